The number of benzene rings is 2. The van der Waals surface area contributed by atoms with Gasteiger partial charge in [-0.15, -0.1) is 0 Å². The molecule has 4 heteroatoms. The van der Waals surface area contributed by atoms with Crippen LogP contribution >= 0.6 is 0 Å². The van der Waals surface area contributed by atoms with Crippen LogP contribution in [0.1, 0.15) is 22.3 Å². The Balaban J connectivity index is 1.62. The smallest absolute Gasteiger partial charge is 0.251 e. The number of carbonyl (C=O) groups excluding carboxylic acids is 2. The Hall–Kier alpha value is -2.88. The minimum atomic E-state index is -0.246. The summed E-state index contributed by atoms with van der Waals surface area (Å²) in [4.78, 5) is 23.4. The average Bonchev–Trinajstić information content (AvgIpc) is 2.61. The van der Waals surface area contributed by atoms with E-state index >= 15 is 0 Å². The van der Waals surface area contributed by atoms with E-state index in [4.69, 9.17) is 0 Å². The van der Waals surface area contributed by atoms with E-state index in [-0.39, 0.29) is 18.4 Å². The predicted octanol–water partition coefficient (Wildman–Crippen LogP) is 2.64. The van der Waals surface area contributed by atoms with E-state index in [1.807, 2.05) is 48.6 Å². The third kappa shape index (κ3) is 6.18. The highest BCUT2D eigenvalue weighted by atomic mass is 16.2. The van der Waals surface area contributed by atoms with Crippen LogP contribution in [0.25, 0.3) is 6.08 Å². The number of carbonyl (C=O) groups is 2. The Bertz CT molecular complexity index is 652. The zero-order valence-corrected chi connectivity index (χ0v) is 12.9. The molecule has 0 bridgehead atoms. The maximum Gasteiger partial charge on any atom is 0.251 e. The van der Waals surface area contributed by atoms with Gasteiger partial charge in [-0.05, 0) is 24.1 Å². The summed E-state index contributed by atoms with van der Waals surface area (Å²) in [6, 6.07) is 18.8. The Morgan fingerprint density at radius 1 is 0.870 bits per heavy atom. The van der Waals surface area contributed by atoms with E-state index in [0.29, 0.717) is 12.1 Å². The first kappa shape index (κ1) is 16.5. The van der Waals surface area contributed by atoms with Crippen LogP contribution in [0.2, 0.25) is 0 Å². The van der Waals surface area contributed by atoms with Crippen molar-refractivity contribution in [3.63, 3.8) is 0 Å². The van der Waals surface area contributed by atoms with E-state index in [2.05, 4.69) is 10.6 Å². The van der Waals surface area contributed by atoms with Gasteiger partial charge in [0.1, 0.15) is 0 Å². The first-order valence-electron chi connectivity index (χ1n) is 7.57. The summed E-state index contributed by atoms with van der Waals surface area (Å²) in [5.74, 6) is -0.438. The van der Waals surface area contributed by atoms with E-state index in [1.54, 1.807) is 24.3 Å². The molecule has 2 aromatic carbocycles. The maximum absolute atomic E-state index is 11.8. The highest BCUT2D eigenvalue weighted by molar-refractivity contribution is 5.96. The van der Waals surface area contributed by atoms with Crippen molar-refractivity contribution in [2.75, 3.05) is 13.1 Å². The Morgan fingerprint density at radius 3 is 2.22 bits per heavy atom. The molecule has 23 heavy (non-hydrogen) atoms. The third-order valence-electron chi connectivity index (χ3n) is 3.19. The molecular formula is C19H20N2O2. The molecule has 2 rings (SSSR count). The summed E-state index contributed by atoms with van der Waals surface area (Å²) in [5, 5.41) is 5.37. The lowest BCUT2D eigenvalue weighted by Gasteiger charge is -2.06. The van der Waals surface area contributed by atoms with Gasteiger partial charge in [0.15, 0.2) is 0 Å². The minimum Gasteiger partial charge on any atom is -0.354 e. The molecule has 0 aliphatic rings. The fourth-order valence-corrected chi connectivity index (χ4v) is 1.99. The largest absolute Gasteiger partial charge is 0.354 e. The number of rotatable bonds is 7. The second kappa shape index (κ2) is 9.20. The van der Waals surface area contributed by atoms with E-state index in [1.165, 1.54) is 0 Å². The molecule has 0 aliphatic carbocycles. The van der Waals surface area contributed by atoms with Crippen molar-refractivity contribution in [2.45, 2.75) is 6.42 Å². The molecule has 0 radical (unpaired) electrons. The van der Waals surface area contributed by atoms with Gasteiger partial charge in [0, 0.05) is 12.1 Å². The second-order valence-electron chi connectivity index (χ2n) is 5.00. The molecule has 2 amide bonds. The molecule has 0 fully saturated rings. The van der Waals surface area contributed by atoms with Gasteiger partial charge in [-0.3, -0.25) is 9.59 Å². The number of amides is 2. The molecule has 2 N–H and O–H groups in total. The zero-order valence-electron chi connectivity index (χ0n) is 12.9. The maximum atomic E-state index is 11.8. The third-order valence-corrected chi connectivity index (χ3v) is 3.19. The normalized spacial score (nSPS) is 10.4. The van der Waals surface area contributed by atoms with Gasteiger partial charge in [0.25, 0.3) is 5.91 Å². The topological polar surface area (TPSA) is 58.2 Å². The van der Waals surface area contributed by atoms with Crippen molar-refractivity contribution in [3.05, 3.63) is 77.9 Å². The molecule has 0 aromatic heterocycles. The highest BCUT2D eigenvalue weighted by Crippen LogP contribution is 2.01. The Labute approximate surface area is 136 Å². The van der Waals surface area contributed by atoms with Gasteiger partial charge in [0.2, 0.25) is 5.91 Å². The lowest BCUT2D eigenvalue weighted by atomic mass is 10.2. The van der Waals surface area contributed by atoms with Gasteiger partial charge in [0.05, 0.1) is 6.54 Å². The number of hydrogen-bond donors (Lipinski definition) is 2. The lowest BCUT2D eigenvalue weighted by molar-refractivity contribution is -0.120. The summed E-state index contributed by atoms with van der Waals surface area (Å²) in [6.45, 7) is 0.527. The van der Waals surface area contributed by atoms with Crippen LogP contribution in [0, 0.1) is 0 Å². The van der Waals surface area contributed by atoms with E-state index in [9.17, 15) is 9.59 Å². The summed E-state index contributed by atoms with van der Waals surface area (Å²) in [7, 11) is 0. The van der Waals surface area contributed by atoms with Gasteiger partial charge in [-0.25, -0.2) is 0 Å². The van der Waals surface area contributed by atoms with Crippen molar-refractivity contribution >= 4 is 17.9 Å². The van der Waals surface area contributed by atoms with Crippen molar-refractivity contribution in [2.24, 2.45) is 0 Å². The minimum absolute atomic E-state index is 0.0177. The van der Waals surface area contributed by atoms with Crippen molar-refractivity contribution < 1.29 is 9.59 Å². The van der Waals surface area contributed by atoms with Gasteiger partial charge >= 0.3 is 0 Å². The van der Waals surface area contributed by atoms with Crippen LogP contribution in [0.4, 0.5) is 0 Å². The van der Waals surface area contributed by atoms with Gasteiger partial charge in [-0.1, -0.05) is 60.7 Å². The van der Waals surface area contributed by atoms with Crippen LogP contribution < -0.4 is 10.6 Å². The van der Waals surface area contributed by atoms with Crippen molar-refractivity contribution in [1.29, 1.82) is 0 Å². The summed E-state index contributed by atoms with van der Waals surface area (Å²) >= 11 is 0. The molecule has 0 aliphatic heterocycles. The summed E-state index contributed by atoms with van der Waals surface area (Å²) < 4.78 is 0. The summed E-state index contributed by atoms with van der Waals surface area (Å²) in [6.07, 6.45) is 4.77. The van der Waals surface area contributed by atoms with Gasteiger partial charge < -0.3 is 10.6 Å². The molecule has 118 valence electrons. The summed E-state index contributed by atoms with van der Waals surface area (Å²) in [5.41, 5.74) is 1.68. The SMILES string of the molecule is O=C(CNC(=O)c1ccccc1)NCC/C=C/c1ccccc1. The Kier molecular flexibility index (Phi) is 6.60. The quantitative estimate of drug-likeness (QED) is 0.773. The van der Waals surface area contributed by atoms with Crippen LogP contribution in [0.3, 0.4) is 0 Å². The van der Waals surface area contributed by atoms with Gasteiger partial charge in [-0.2, -0.15) is 0 Å². The zero-order chi connectivity index (χ0) is 16.3. The molecular weight excluding hydrogens is 288 g/mol. The second-order valence-corrected chi connectivity index (χ2v) is 5.00. The molecule has 0 spiro atoms. The standard InChI is InChI=1S/C19H20N2O2/c22-18(15-21-19(23)17-12-5-2-6-13-17)20-14-8-7-11-16-9-3-1-4-10-16/h1-7,9-13H,8,14-15H2,(H,20,22)(H,21,23)/b11-7+. The fraction of sp³-hybridized carbons (Fsp3) is 0.158. The first-order chi connectivity index (χ1) is 11.3. The Morgan fingerprint density at radius 2 is 1.52 bits per heavy atom. The number of nitrogens with one attached hydrogen (secondary N) is 2. The molecule has 0 saturated heterocycles. The van der Waals surface area contributed by atoms with Crippen molar-refractivity contribution in [1.82, 2.24) is 10.6 Å². The molecule has 0 atom stereocenters. The molecule has 0 heterocycles. The fourth-order valence-electron chi connectivity index (χ4n) is 1.99. The molecule has 0 saturated carbocycles. The average molecular weight is 308 g/mol. The number of hydrogen-bond acceptors (Lipinski definition) is 2. The van der Waals surface area contributed by atoms with Crippen LogP contribution in [0.5, 0.6) is 0 Å². The molecule has 0 unspecified atom stereocenters. The van der Waals surface area contributed by atoms with Crippen LogP contribution in [-0.2, 0) is 4.79 Å². The van der Waals surface area contributed by atoms with E-state index < -0.39 is 0 Å². The molecule has 4 nitrogen and oxygen atoms in total. The van der Waals surface area contributed by atoms with Crippen LogP contribution in [0.15, 0.2) is 66.7 Å². The monoisotopic (exact) mass is 308 g/mol. The molecule has 2 aromatic rings. The van der Waals surface area contributed by atoms with Crippen LogP contribution in [-0.4, -0.2) is 24.9 Å². The van der Waals surface area contributed by atoms with E-state index in [0.717, 1.165) is 12.0 Å². The first-order valence-corrected chi connectivity index (χ1v) is 7.57. The highest BCUT2D eigenvalue weighted by Gasteiger charge is 2.06. The predicted molar refractivity (Wildman–Crippen MR) is 91.9 cm³/mol. The lowest BCUT2D eigenvalue weighted by Crippen LogP contribution is -2.37. The van der Waals surface area contributed by atoms with Crippen molar-refractivity contribution in [3.8, 4) is 0 Å².